The van der Waals surface area contributed by atoms with Crippen molar-refractivity contribution in [3.05, 3.63) is 76.5 Å². The molecule has 1 aliphatic rings. The van der Waals surface area contributed by atoms with Crippen LogP contribution in [0.25, 0.3) is 5.57 Å². The van der Waals surface area contributed by atoms with Crippen LogP contribution >= 0.6 is 11.6 Å². The topological polar surface area (TPSA) is 34.6 Å². The molecule has 0 bridgehead atoms. The van der Waals surface area contributed by atoms with Crippen LogP contribution in [0.3, 0.4) is 0 Å². The molecule has 0 N–H and O–H groups in total. The molecule has 0 saturated carbocycles. The summed E-state index contributed by atoms with van der Waals surface area (Å²) in [6.07, 6.45) is 7.31. The largest absolute Gasteiger partial charge is 0.484 e. The van der Waals surface area contributed by atoms with Gasteiger partial charge in [-0.25, -0.2) is 4.39 Å². The highest BCUT2D eigenvalue weighted by atomic mass is 35.5. The zero-order valence-electron chi connectivity index (χ0n) is 18.6. The first-order valence-electron chi connectivity index (χ1n) is 10.5. The van der Waals surface area contributed by atoms with E-state index >= 15 is 0 Å². The van der Waals surface area contributed by atoms with Crippen molar-refractivity contribution in [3.8, 4) is 5.75 Å². The van der Waals surface area contributed by atoms with Crippen LogP contribution in [-0.2, 0) is 4.74 Å². The fourth-order valence-corrected chi connectivity index (χ4v) is 4.23. The lowest BCUT2D eigenvalue weighted by Gasteiger charge is -2.30. The predicted octanol–water partition coefficient (Wildman–Crippen LogP) is 6.27. The lowest BCUT2D eigenvalue weighted by atomic mass is 10.0. The molecule has 2 aromatic rings. The van der Waals surface area contributed by atoms with Crippen molar-refractivity contribution in [2.24, 2.45) is 0 Å². The molecule has 0 aliphatic carbocycles. The van der Waals surface area contributed by atoms with Gasteiger partial charge in [0.05, 0.1) is 10.7 Å². The maximum atomic E-state index is 14.0. The number of pyridine rings is 1. The highest BCUT2D eigenvalue weighted by molar-refractivity contribution is 6.31. The summed E-state index contributed by atoms with van der Waals surface area (Å²) in [6, 6.07) is 5.48. The van der Waals surface area contributed by atoms with Crippen LogP contribution < -0.4 is 4.74 Å². The second kappa shape index (κ2) is 10.3. The molecule has 1 aromatic heterocycles. The summed E-state index contributed by atoms with van der Waals surface area (Å²) in [5, 5.41) is 0.0963. The number of aromatic nitrogens is 1. The summed E-state index contributed by atoms with van der Waals surface area (Å²) in [5.74, 6) is 0.181. The molecule has 166 valence electrons. The van der Waals surface area contributed by atoms with Gasteiger partial charge in [-0.05, 0) is 56.9 Å². The molecule has 0 amide bonds. The predicted molar refractivity (Wildman–Crippen MR) is 124 cm³/mol. The molecule has 1 saturated heterocycles. The van der Waals surface area contributed by atoms with Gasteiger partial charge in [0.25, 0.3) is 0 Å². The molecule has 3 rings (SSSR count). The number of rotatable bonds is 7. The van der Waals surface area contributed by atoms with Gasteiger partial charge < -0.3 is 14.4 Å². The van der Waals surface area contributed by atoms with Crippen molar-refractivity contribution in [1.82, 2.24) is 9.88 Å². The number of allylic oxidation sites excluding steroid dienone is 2. The van der Waals surface area contributed by atoms with Gasteiger partial charge in [-0.1, -0.05) is 30.3 Å². The van der Waals surface area contributed by atoms with Gasteiger partial charge in [0.15, 0.2) is 0 Å². The minimum absolute atomic E-state index is 0.0963. The van der Waals surface area contributed by atoms with Crippen LogP contribution in [0.2, 0.25) is 5.02 Å². The van der Waals surface area contributed by atoms with Crippen molar-refractivity contribution < 1.29 is 13.9 Å². The van der Waals surface area contributed by atoms with Gasteiger partial charge >= 0.3 is 0 Å². The maximum Gasteiger partial charge on any atom is 0.142 e. The zero-order chi connectivity index (χ0) is 22.5. The van der Waals surface area contributed by atoms with E-state index in [-0.39, 0.29) is 5.02 Å². The SMILES string of the molecule is C=C/C(=C\N(C)C1CCOCC1)c1cnc(C)c(OC(C)c2c(C)ccc(F)c2Cl)c1. The Hall–Kier alpha value is -2.37. The van der Waals surface area contributed by atoms with Gasteiger partial charge in [-0.3, -0.25) is 4.98 Å². The third-order valence-electron chi connectivity index (χ3n) is 5.76. The number of hydrogen-bond acceptors (Lipinski definition) is 4. The summed E-state index contributed by atoms with van der Waals surface area (Å²) in [4.78, 5) is 6.74. The van der Waals surface area contributed by atoms with E-state index in [1.807, 2.05) is 39.1 Å². The molecular weight excluding hydrogens is 415 g/mol. The summed E-state index contributed by atoms with van der Waals surface area (Å²) in [7, 11) is 2.08. The molecule has 1 aliphatic heterocycles. The second-order valence-corrected chi connectivity index (χ2v) is 8.34. The normalized spacial score (nSPS) is 16.1. The average Bonchev–Trinajstić information content (AvgIpc) is 2.77. The summed E-state index contributed by atoms with van der Waals surface area (Å²) in [5.41, 5.74) is 4.14. The summed E-state index contributed by atoms with van der Waals surface area (Å²) in [6.45, 7) is 11.2. The second-order valence-electron chi connectivity index (χ2n) is 7.96. The summed E-state index contributed by atoms with van der Waals surface area (Å²) >= 11 is 6.23. The number of aryl methyl sites for hydroxylation is 2. The molecule has 4 nitrogen and oxygen atoms in total. The van der Waals surface area contributed by atoms with Crippen LogP contribution in [0.15, 0.2) is 43.3 Å². The van der Waals surface area contributed by atoms with E-state index in [1.54, 1.807) is 6.07 Å². The monoisotopic (exact) mass is 444 g/mol. The third-order valence-corrected chi connectivity index (χ3v) is 6.15. The van der Waals surface area contributed by atoms with Crippen LogP contribution in [-0.4, -0.2) is 36.2 Å². The number of nitrogens with zero attached hydrogens (tertiary/aromatic N) is 2. The van der Waals surface area contributed by atoms with Crippen molar-refractivity contribution >= 4 is 17.2 Å². The van der Waals surface area contributed by atoms with Gasteiger partial charge in [-0.15, -0.1) is 0 Å². The molecule has 1 atom stereocenters. The molecule has 0 spiro atoms. The fourth-order valence-electron chi connectivity index (χ4n) is 3.86. The molecule has 6 heteroatoms. The van der Waals surface area contributed by atoms with Crippen LogP contribution in [0.4, 0.5) is 4.39 Å². The van der Waals surface area contributed by atoms with Crippen LogP contribution in [0.1, 0.15) is 48.3 Å². The lowest BCUT2D eigenvalue weighted by Crippen LogP contribution is -2.33. The Morgan fingerprint density at radius 3 is 2.74 bits per heavy atom. The molecular formula is C25H30ClFN2O2. The van der Waals surface area contributed by atoms with E-state index in [0.29, 0.717) is 17.4 Å². The molecule has 1 unspecified atom stereocenters. The standard InChI is InChI=1S/C25H30ClFN2O2/c1-6-19(15-29(5)21-9-11-30-12-10-21)20-13-23(17(3)28-14-20)31-18(4)24-16(2)7-8-22(27)25(24)26/h6-8,13-15,18,21H,1,9-12H2,2-5H3/b19-15+. The fraction of sp³-hybridized carbons (Fsp3) is 0.400. The Balaban J connectivity index is 1.86. The van der Waals surface area contributed by atoms with Crippen LogP contribution in [0, 0.1) is 19.7 Å². The quantitative estimate of drug-likeness (QED) is 0.471. The third kappa shape index (κ3) is 5.46. The van der Waals surface area contributed by atoms with E-state index in [4.69, 9.17) is 21.1 Å². The van der Waals surface area contributed by atoms with Gasteiger partial charge in [0.2, 0.25) is 0 Å². The molecule has 2 heterocycles. The number of ether oxygens (including phenoxy) is 2. The van der Waals surface area contributed by atoms with E-state index in [1.165, 1.54) is 6.07 Å². The number of benzene rings is 1. The van der Waals surface area contributed by atoms with Crippen LogP contribution in [0.5, 0.6) is 5.75 Å². The molecule has 1 fully saturated rings. The maximum absolute atomic E-state index is 14.0. The highest BCUT2D eigenvalue weighted by Gasteiger charge is 2.20. The Bertz CT molecular complexity index is 970. The first-order valence-corrected chi connectivity index (χ1v) is 10.9. The average molecular weight is 445 g/mol. The number of halogens is 2. The minimum atomic E-state index is -0.450. The van der Waals surface area contributed by atoms with E-state index < -0.39 is 11.9 Å². The molecule has 31 heavy (non-hydrogen) atoms. The number of hydrogen-bond donors (Lipinski definition) is 0. The minimum Gasteiger partial charge on any atom is -0.484 e. The Morgan fingerprint density at radius 1 is 1.35 bits per heavy atom. The van der Waals surface area contributed by atoms with Crippen molar-refractivity contribution in [3.63, 3.8) is 0 Å². The Kier molecular flexibility index (Phi) is 7.74. The lowest BCUT2D eigenvalue weighted by molar-refractivity contribution is 0.0560. The van der Waals surface area contributed by atoms with Crippen molar-refractivity contribution in [1.29, 1.82) is 0 Å². The first kappa shape index (κ1) is 23.3. The van der Waals surface area contributed by atoms with Gasteiger partial charge in [0, 0.05) is 49.8 Å². The summed E-state index contributed by atoms with van der Waals surface area (Å²) < 4.78 is 25.7. The van der Waals surface area contributed by atoms with E-state index in [9.17, 15) is 4.39 Å². The van der Waals surface area contributed by atoms with E-state index in [2.05, 4.69) is 29.7 Å². The van der Waals surface area contributed by atoms with Gasteiger partial charge in [-0.2, -0.15) is 0 Å². The van der Waals surface area contributed by atoms with Crippen molar-refractivity contribution in [2.75, 3.05) is 20.3 Å². The molecule has 0 radical (unpaired) electrons. The Labute approximate surface area is 189 Å². The highest BCUT2D eigenvalue weighted by Crippen LogP contribution is 2.33. The molecule has 1 aromatic carbocycles. The van der Waals surface area contributed by atoms with E-state index in [0.717, 1.165) is 48.4 Å². The Morgan fingerprint density at radius 2 is 2.06 bits per heavy atom. The smallest absolute Gasteiger partial charge is 0.142 e. The zero-order valence-corrected chi connectivity index (χ0v) is 19.4. The van der Waals surface area contributed by atoms with Gasteiger partial charge in [0.1, 0.15) is 17.7 Å². The first-order chi connectivity index (χ1) is 14.8. The van der Waals surface area contributed by atoms with Crippen molar-refractivity contribution in [2.45, 2.75) is 45.8 Å².